The summed E-state index contributed by atoms with van der Waals surface area (Å²) in [7, 11) is -2.05. The van der Waals surface area contributed by atoms with Gasteiger partial charge in [0.2, 0.25) is 10.0 Å². The summed E-state index contributed by atoms with van der Waals surface area (Å²) in [5.74, 6) is 0. The number of halogens is 2. The average Bonchev–Trinajstić information content (AvgIpc) is 2.37. The van der Waals surface area contributed by atoms with Gasteiger partial charge < -0.3 is 4.74 Å². The number of nitrogens with one attached hydrogen (secondary N) is 1. The van der Waals surface area contributed by atoms with E-state index < -0.39 is 10.0 Å². The zero-order valence-electron chi connectivity index (χ0n) is 11.4. The Morgan fingerprint density at radius 3 is 2.60 bits per heavy atom. The van der Waals surface area contributed by atoms with Gasteiger partial charge >= 0.3 is 0 Å². The summed E-state index contributed by atoms with van der Waals surface area (Å²) in [6.45, 7) is 3.93. The smallest absolute Gasteiger partial charge is 0.242 e. The Balaban J connectivity index is 2.18. The number of hydrogen-bond acceptors (Lipinski definition) is 4. The van der Waals surface area contributed by atoms with E-state index in [4.69, 9.17) is 27.9 Å². The standard InChI is InChI=1S/C12H16Cl2N2O3S/c1-12(2)9(5-10(12)19-3)16-20(17,18)7-4-8(13)11(14)15-6-7/h4,6,9-10,16H,5H2,1-3H3. The minimum absolute atomic E-state index is 0.00330. The highest BCUT2D eigenvalue weighted by molar-refractivity contribution is 7.89. The summed E-state index contributed by atoms with van der Waals surface area (Å²) in [6.07, 6.45) is 1.87. The average molecular weight is 339 g/mol. The Bertz CT molecular complexity index is 619. The summed E-state index contributed by atoms with van der Waals surface area (Å²) < 4.78 is 32.5. The van der Waals surface area contributed by atoms with E-state index in [-0.39, 0.29) is 32.6 Å². The minimum Gasteiger partial charge on any atom is -0.381 e. The number of nitrogens with zero attached hydrogens (tertiary/aromatic N) is 1. The molecule has 8 heteroatoms. The first-order chi connectivity index (χ1) is 9.18. The van der Waals surface area contributed by atoms with Crippen LogP contribution in [0.5, 0.6) is 0 Å². The molecule has 0 radical (unpaired) electrons. The van der Waals surface area contributed by atoms with Gasteiger partial charge in [0.15, 0.2) is 0 Å². The second-order valence-electron chi connectivity index (χ2n) is 5.40. The van der Waals surface area contributed by atoms with Gasteiger partial charge in [-0.25, -0.2) is 18.1 Å². The maximum Gasteiger partial charge on any atom is 0.242 e. The first-order valence-electron chi connectivity index (χ1n) is 6.04. The molecule has 1 saturated carbocycles. The maximum atomic E-state index is 12.3. The molecular weight excluding hydrogens is 323 g/mol. The fraction of sp³-hybridized carbons (Fsp3) is 0.583. The van der Waals surface area contributed by atoms with Crippen molar-refractivity contribution in [3.63, 3.8) is 0 Å². The number of methoxy groups -OCH3 is 1. The molecule has 1 aliphatic carbocycles. The first-order valence-corrected chi connectivity index (χ1v) is 8.28. The van der Waals surface area contributed by atoms with Gasteiger partial charge in [0.1, 0.15) is 10.0 Å². The van der Waals surface area contributed by atoms with Crippen LogP contribution in [0.1, 0.15) is 20.3 Å². The lowest BCUT2D eigenvalue weighted by molar-refractivity contribution is -0.0908. The van der Waals surface area contributed by atoms with Crippen LogP contribution < -0.4 is 4.72 Å². The molecule has 1 aromatic heterocycles. The van der Waals surface area contributed by atoms with Gasteiger partial charge in [0.05, 0.1) is 11.1 Å². The molecule has 5 nitrogen and oxygen atoms in total. The second-order valence-corrected chi connectivity index (χ2v) is 7.88. The van der Waals surface area contributed by atoms with Crippen molar-refractivity contribution in [2.24, 2.45) is 5.41 Å². The SMILES string of the molecule is COC1CC(NS(=O)(=O)c2cnc(Cl)c(Cl)c2)C1(C)C. The van der Waals surface area contributed by atoms with Crippen molar-refractivity contribution in [2.75, 3.05) is 7.11 Å². The van der Waals surface area contributed by atoms with Crippen molar-refractivity contribution in [3.05, 3.63) is 22.4 Å². The third-order valence-corrected chi connectivity index (χ3v) is 5.97. The van der Waals surface area contributed by atoms with Gasteiger partial charge in [-0.15, -0.1) is 0 Å². The number of ether oxygens (including phenoxy) is 1. The van der Waals surface area contributed by atoms with Gasteiger partial charge in [0.25, 0.3) is 0 Å². The molecule has 1 aliphatic rings. The predicted molar refractivity (Wildman–Crippen MR) is 77.6 cm³/mol. The quantitative estimate of drug-likeness (QED) is 0.856. The molecule has 2 unspecified atom stereocenters. The fourth-order valence-electron chi connectivity index (χ4n) is 2.29. The number of hydrogen-bond donors (Lipinski definition) is 1. The molecule has 1 N–H and O–H groups in total. The third-order valence-electron chi connectivity index (χ3n) is 3.84. The molecule has 0 aromatic carbocycles. The van der Waals surface area contributed by atoms with Crippen molar-refractivity contribution in [1.29, 1.82) is 0 Å². The zero-order valence-corrected chi connectivity index (χ0v) is 13.7. The summed E-state index contributed by atoms with van der Waals surface area (Å²) in [6, 6.07) is 1.10. The van der Waals surface area contributed by atoms with Crippen LogP contribution in [0, 0.1) is 5.41 Å². The monoisotopic (exact) mass is 338 g/mol. The van der Waals surface area contributed by atoms with Gasteiger partial charge in [-0.3, -0.25) is 0 Å². The fourth-order valence-corrected chi connectivity index (χ4v) is 4.00. The summed E-state index contributed by atoms with van der Waals surface area (Å²) in [5.41, 5.74) is -0.258. The number of rotatable bonds is 4. The molecule has 0 amide bonds. The Labute approximate surface area is 128 Å². The largest absolute Gasteiger partial charge is 0.381 e. The van der Waals surface area contributed by atoms with Crippen LogP contribution in [-0.2, 0) is 14.8 Å². The lowest BCUT2D eigenvalue weighted by Crippen LogP contribution is -2.61. The van der Waals surface area contributed by atoms with E-state index in [0.29, 0.717) is 6.42 Å². The van der Waals surface area contributed by atoms with Crippen LogP contribution >= 0.6 is 23.2 Å². The number of pyridine rings is 1. The summed E-state index contributed by atoms with van der Waals surface area (Å²) in [5, 5.41) is 0.186. The normalized spacial score (nSPS) is 25.2. The minimum atomic E-state index is -3.67. The van der Waals surface area contributed by atoms with Crippen LogP contribution in [0.4, 0.5) is 0 Å². The van der Waals surface area contributed by atoms with Crippen LogP contribution in [-0.4, -0.2) is 32.7 Å². The topological polar surface area (TPSA) is 68.3 Å². The van der Waals surface area contributed by atoms with E-state index in [2.05, 4.69) is 9.71 Å². The van der Waals surface area contributed by atoms with E-state index in [9.17, 15) is 8.42 Å². The Kier molecular flexibility index (Phi) is 4.33. The van der Waals surface area contributed by atoms with E-state index in [1.807, 2.05) is 13.8 Å². The van der Waals surface area contributed by atoms with Gasteiger partial charge in [0, 0.05) is 24.8 Å². The molecule has 1 aromatic rings. The molecule has 0 saturated heterocycles. The summed E-state index contributed by atoms with van der Waals surface area (Å²) >= 11 is 11.5. The van der Waals surface area contributed by atoms with Gasteiger partial charge in [-0.1, -0.05) is 37.0 Å². The van der Waals surface area contributed by atoms with Crippen molar-refractivity contribution in [2.45, 2.75) is 37.3 Å². The molecular formula is C12H16Cl2N2O3S. The molecule has 2 rings (SSSR count). The van der Waals surface area contributed by atoms with E-state index >= 15 is 0 Å². The molecule has 2 atom stereocenters. The lowest BCUT2D eigenvalue weighted by atomic mass is 9.65. The highest BCUT2D eigenvalue weighted by Gasteiger charge is 2.50. The van der Waals surface area contributed by atoms with Crippen molar-refractivity contribution >= 4 is 33.2 Å². The van der Waals surface area contributed by atoms with Crippen LogP contribution in [0.2, 0.25) is 10.2 Å². The lowest BCUT2D eigenvalue weighted by Gasteiger charge is -2.50. The third kappa shape index (κ3) is 2.80. The molecule has 112 valence electrons. The van der Waals surface area contributed by atoms with Crippen LogP contribution in [0.15, 0.2) is 17.2 Å². The number of sulfonamides is 1. The molecule has 0 bridgehead atoms. The molecule has 1 heterocycles. The zero-order chi connectivity index (χ0) is 15.1. The second kappa shape index (κ2) is 5.42. The number of aromatic nitrogens is 1. The summed E-state index contributed by atoms with van der Waals surface area (Å²) in [4.78, 5) is 3.76. The van der Waals surface area contributed by atoms with Gasteiger partial charge in [-0.05, 0) is 12.5 Å². The highest BCUT2D eigenvalue weighted by Crippen LogP contribution is 2.43. The molecule has 20 heavy (non-hydrogen) atoms. The Morgan fingerprint density at radius 1 is 1.45 bits per heavy atom. The molecule has 1 fully saturated rings. The van der Waals surface area contributed by atoms with Gasteiger partial charge in [-0.2, -0.15) is 0 Å². The van der Waals surface area contributed by atoms with Crippen molar-refractivity contribution < 1.29 is 13.2 Å². The van der Waals surface area contributed by atoms with Crippen molar-refractivity contribution in [1.82, 2.24) is 9.71 Å². The van der Waals surface area contributed by atoms with E-state index in [1.165, 1.54) is 12.3 Å². The molecule has 0 spiro atoms. The van der Waals surface area contributed by atoms with Crippen molar-refractivity contribution in [3.8, 4) is 0 Å². The Hall–Kier alpha value is -0.400. The van der Waals surface area contributed by atoms with E-state index in [0.717, 1.165) is 0 Å². The van der Waals surface area contributed by atoms with Crippen LogP contribution in [0.3, 0.4) is 0 Å². The highest BCUT2D eigenvalue weighted by atomic mass is 35.5. The van der Waals surface area contributed by atoms with Crippen LogP contribution in [0.25, 0.3) is 0 Å². The predicted octanol–water partition coefficient (Wildman–Crippen LogP) is 2.48. The Morgan fingerprint density at radius 2 is 2.10 bits per heavy atom. The molecule has 0 aliphatic heterocycles. The first kappa shape index (κ1) is 16.0. The van der Waals surface area contributed by atoms with E-state index in [1.54, 1.807) is 7.11 Å². The maximum absolute atomic E-state index is 12.3.